The quantitative estimate of drug-likeness (QED) is 0.296. The van der Waals surface area contributed by atoms with Crippen molar-refractivity contribution in [3.63, 3.8) is 0 Å². The first-order valence-corrected chi connectivity index (χ1v) is 12.6. The summed E-state index contributed by atoms with van der Waals surface area (Å²) < 4.78 is 7.50. The Labute approximate surface area is 210 Å². The van der Waals surface area contributed by atoms with Crippen LogP contribution in [0, 0.1) is 6.92 Å². The van der Waals surface area contributed by atoms with E-state index in [2.05, 4.69) is 63.4 Å². The van der Waals surface area contributed by atoms with Gasteiger partial charge in [0.05, 0.1) is 13.7 Å². The van der Waals surface area contributed by atoms with E-state index < -0.39 is 0 Å². The Kier molecular flexibility index (Phi) is 8.57. The van der Waals surface area contributed by atoms with Crippen LogP contribution in [-0.4, -0.2) is 27.8 Å². The van der Waals surface area contributed by atoms with Gasteiger partial charge < -0.3 is 14.6 Å². The summed E-state index contributed by atoms with van der Waals surface area (Å²) in [6.07, 6.45) is 0.854. The lowest BCUT2D eigenvalue weighted by Crippen LogP contribution is -2.23. The largest absolute Gasteiger partial charge is 0.496 e. The molecule has 0 aliphatic carbocycles. The van der Waals surface area contributed by atoms with Gasteiger partial charge >= 0.3 is 0 Å². The van der Waals surface area contributed by atoms with E-state index in [0.717, 1.165) is 28.0 Å². The number of nitrogens with one attached hydrogen (secondary N) is 1. The van der Waals surface area contributed by atoms with Gasteiger partial charge in [0.25, 0.3) is 0 Å². The third-order valence-electron chi connectivity index (χ3n) is 5.71. The Morgan fingerprint density at radius 3 is 2.46 bits per heavy atom. The number of aromatic nitrogens is 3. The second-order valence-electron chi connectivity index (χ2n) is 8.33. The molecular weight excluding hydrogens is 456 g/mol. The van der Waals surface area contributed by atoms with E-state index in [0.29, 0.717) is 25.9 Å². The molecule has 1 amide bonds. The molecule has 35 heavy (non-hydrogen) atoms. The molecule has 0 radical (unpaired) electrons. The van der Waals surface area contributed by atoms with Crippen molar-refractivity contribution in [2.24, 2.45) is 0 Å². The molecule has 4 rings (SSSR count). The lowest BCUT2D eigenvalue weighted by Gasteiger charge is -2.12. The minimum atomic E-state index is -0.0284. The summed E-state index contributed by atoms with van der Waals surface area (Å²) >= 11 is 1.66. The molecule has 0 atom stereocenters. The van der Waals surface area contributed by atoms with Crippen molar-refractivity contribution in [3.8, 4) is 5.75 Å². The highest BCUT2D eigenvalue weighted by atomic mass is 32.2. The fourth-order valence-electron chi connectivity index (χ4n) is 3.72. The van der Waals surface area contributed by atoms with Crippen molar-refractivity contribution < 1.29 is 9.53 Å². The molecule has 0 aliphatic heterocycles. The van der Waals surface area contributed by atoms with E-state index in [1.165, 1.54) is 16.7 Å². The Bertz CT molecular complexity index is 1240. The summed E-state index contributed by atoms with van der Waals surface area (Å²) in [4.78, 5) is 12.6. The van der Waals surface area contributed by atoms with Crippen LogP contribution in [-0.2, 0) is 30.1 Å². The number of nitrogens with zero attached hydrogens (tertiary/aromatic N) is 3. The molecule has 0 aliphatic rings. The van der Waals surface area contributed by atoms with Crippen molar-refractivity contribution in [3.05, 3.63) is 107 Å². The van der Waals surface area contributed by atoms with E-state index in [1.807, 2.05) is 42.5 Å². The SMILES string of the molecule is COc1ccccc1CNC(=O)CCc1nnc(SCc2ccccc2)n1Cc1ccc(C)cc1. The molecular formula is C28H30N4O2S. The number of rotatable bonds is 11. The van der Waals surface area contributed by atoms with Gasteiger partial charge in [-0.15, -0.1) is 10.2 Å². The zero-order valence-corrected chi connectivity index (χ0v) is 20.9. The summed E-state index contributed by atoms with van der Waals surface area (Å²) in [5.41, 5.74) is 4.59. The highest BCUT2D eigenvalue weighted by Crippen LogP contribution is 2.24. The highest BCUT2D eigenvalue weighted by Gasteiger charge is 2.15. The first kappa shape index (κ1) is 24.5. The van der Waals surface area contributed by atoms with Crippen molar-refractivity contribution in [1.29, 1.82) is 0 Å². The van der Waals surface area contributed by atoms with Crippen molar-refractivity contribution in [1.82, 2.24) is 20.1 Å². The fourth-order valence-corrected chi connectivity index (χ4v) is 4.64. The second-order valence-corrected chi connectivity index (χ2v) is 9.28. The molecule has 1 N–H and O–H groups in total. The number of carbonyl (C=O) groups excluding carboxylic acids is 1. The lowest BCUT2D eigenvalue weighted by atomic mass is 10.1. The average molecular weight is 487 g/mol. The maximum Gasteiger partial charge on any atom is 0.220 e. The summed E-state index contributed by atoms with van der Waals surface area (Å²) in [6.45, 7) is 3.18. The maximum atomic E-state index is 12.6. The number of para-hydroxylation sites is 1. The van der Waals surface area contributed by atoms with Gasteiger partial charge in [0, 0.05) is 30.7 Å². The van der Waals surface area contributed by atoms with E-state index in [9.17, 15) is 4.79 Å². The molecule has 4 aromatic rings. The number of carbonyl (C=O) groups is 1. The van der Waals surface area contributed by atoms with E-state index in [-0.39, 0.29) is 5.91 Å². The number of hydrogen-bond acceptors (Lipinski definition) is 5. The Balaban J connectivity index is 1.43. The first-order chi connectivity index (χ1) is 17.1. The Morgan fingerprint density at radius 2 is 1.69 bits per heavy atom. The zero-order chi connectivity index (χ0) is 24.5. The molecule has 180 valence electrons. The Hall–Kier alpha value is -3.58. The van der Waals surface area contributed by atoms with Crippen molar-refractivity contribution in [2.45, 2.75) is 43.8 Å². The van der Waals surface area contributed by atoms with Crippen LogP contribution in [0.4, 0.5) is 0 Å². The molecule has 0 bridgehead atoms. The molecule has 1 heterocycles. The van der Waals surface area contributed by atoms with E-state index in [1.54, 1.807) is 18.9 Å². The predicted octanol–water partition coefficient (Wildman–Crippen LogP) is 5.18. The van der Waals surface area contributed by atoms with Crippen LogP contribution in [0.2, 0.25) is 0 Å². The highest BCUT2D eigenvalue weighted by molar-refractivity contribution is 7.98. The summed E-state index contributed by atoms with van der Waals surface area (Å²) in [6, 6.07) is 26.5. The van der Waals surface area contributed by atoms with Gasteiger partial charge in [-0.2, -0.15) is 0 Å². The molecule has 7 heteroatoms. The minimum Gasteiger partial charge on any atom is -0.496 e. The smallest absolute Gasteiger partial charge is 0.220 e. The standard InChI is InChI=1S/C28H30N4O2S/c1-21-12-14-22(15-13-21)19-32-26(30-31-28(32)35-20-23-8-4-3-5-9-23)16-17-27(33)29-18-24-10-6-7-11-25(24)34-2/h3-15H,16-20H2,1-2H3,(H,29,33). The van der Waals surface area contributed by atoms with Gasteiger partial charge in [-0.25, -0.2) is 0 Å². The van der Waals surface area contributed by atoms with Gasteiger partial charge in [-0.05, 0) is 24.1 Å². The lowest BCUT2D eigenvalue weighted by molar-refractivity contribution is -0.121. The third-order valence-corrected chi connectivity index (χ3v) is 6.75. The predicted molar refractivity (Wildman–Crippen MR) is 139 cm³/mol. The zero-order valence-electron chi connectivity index (χ0n) is 20.1. The molecule has 1 aromatic heterocycles. The maximum absolute atomic E-state index is 12.6. The van der Waals surface area contributed by atoms with Crippen LogP contribution >= 0.6 is 11.8 Å². The number of amides is 1. The normalized spacial score (nSPS) is 10.8. The molecule has 0 spiro atoms. The first-order valence-electron chi connectivity index (χ1n) is 11.7. The van der Waals surface area contributed by atoms with Gasteiger partial charge in [0.1, 0.15) is 11.6 Å². The topological polar surface area (TPSA) is 69.0 Å². The van der Waals surface area contributed by atoms with Gasteiger partial charge in [0.15, 0.2) is 5.16 Å². The number of benzene rings is 3. The molecule has 0 unspecified atom stereocenters. The van der Waals surface area contributed by atoms with Crippen LogP contribution < -0.4 is 10.1 Å². The van der Waals surface area contributed by atoms with Crippen molar-refractivity contribution >= 4 is 17.7 Å². The summed E-state index contributed by atoms with van der Waals surface area (Å²) in [5, 5.41) is 12.8. The van der Waals surface area contributed by atoms with Gasteiger partial charge in [-0.3, -0.25) is 4.79 Å². The third kappa shape index (κ3) is 6.96. The van der Waals surface area contributed by atoms with Crippen LogP contribution in [0.3, 0.4) is 0 Å². The number of methoxy groups -OCH3 is 1. The van der Waals surface area contributed by atoms with Crippen LogP contribution in [0.1, 0.15) is 34.5 Å². The summed E-state index contributed by atoms with van der Waals surface area (Å²) in [7, 11) is 1.63. The van der Waals surface area contributed by atoms with E-state index in [4.69, 9.17) is 4.74 Å². The second kappa shape index (κ2) is 12.2. The van der Waals surface area contributed by atoms with Crippen LogP contribution in [0.5, 0.6) is 5.75 Å². The van der Waals surface area contributed by atoms with Crippen LogP contribution in [0.15, 0.2) is 84.0 Å². The Morgan fingerprint density at radius 1 is 0.943 bits per heavy atom. The van der Waals surface area contributed by atoms with Crippen molar-refractivity contribution in [2.75, 3.05) is 7.11 Å². The minimum absolute atomic E-state index is 0.0284. The number of aryl methyl sites for hydroxylation is 2. The fraction of sp³-hybridized carbons (Fsp3) is 0.250. The van der Waals surface area contributed by atoms with Gasteiger partial charge in [0.2, 0.25) is 5.91 Å². The molecule has 6 nitrogen and oxygen atoms in total. The van der Waals surface area contributed by atoms with Crippen LogP contribution in [0.25, 0.3) is 0 Å². The van der Waals surface area contributed by atoms with Gasteiger partial charge in [-0.1, -0.05) is 90.1 Å². The van der Waals surface area contributed by atoms with E-state index >= 15 is 0 Å². The molecule has 0 saturated carbocycles. The summed E-state index contributed by atoms with van der Waals surface area (Å²) in [5.74, 6) is 2.37. The average Bonchev–Trinajstić information content (AvgIpc) is 3.28. The molecule has 3 aromatic carbocycles. The molecule has 0 fully saturated rings. The number of thioether (sulfide) groups is 1. The monoisotopic (exact) mass is 486 g/mol. The molecule has 0 saturated heterocycles. The number of hydrogen-bond donors (Lipinski definition) is 1. The number of ether oxygens (including phenoxy) is 1.